The number of rotatable bonds is 2. The quantitative estimate of drug-likeness (QED) is 0.895. The van der Waals surface area contributed by atoms with Crippen molar-refractivity contribution in [3.63, 3.8) is 0 Å². The number of hydrogen-bond acceptors (Lipinski definition) is 3. The molecule has 3 rings (SSSR count). The van der Waals surface area contributed by atoms with Gasteiger partial charge in [0.2, 0.25) is 11.9 Å². The molecule has 0 unspecified atom stereocenters. The van der Waals surface area contributed by atoms with E-state index in [0.29, 0.717) is 11.5 Å². The molecule has 1 amide bonds. The van der Waals surface area contributed by atoms with E-state index in [-0.39, 0.29) is 30.2 Å². The highest BCUT2D eigenvalue weighted by Crippen LogP contribution is 2.41. The lowest BCUT2D eigenvalue weighted by Crippen LogP contribution is -2.43. The van der Waals surface area contributed by atoms with Crippen LogP contribution in [0.5, 0.6) is 0 Å². The number of hydrogen-bond donors (Lipinski definition) is 1. The first kappa shape index (κ1) is 17.4. The van der Waals surface area contributed by atoms with Gasteiger partial charge in [-0.05, 0) is 65.2 Å². The second-order valence-corrected chi connectivity index (χ2v) is 8.22. The standard InChI is InChI=1S/C19H23FN4O/c1-11-6-14-15(7-12(11)10-21)24(18(2,3)4)17(22-14)23-16(25)13-8-19(5,20)9-13/h6-7,13H,8-9H2,1-5H3,(H,22,23,25). The van der Waals surface area contributed by atoms with Crippen LogP contribution in [0.15, 0.2) is 12.1 Å². The second-order valence-electron chi connectivity index (χ2n) is 8.22. The van der Waals surface area contributed by atoms with Gasteiger partial charge in [0.15, 0.2) is 0 Å². The van der Waals surface area contributed by atoms with E-state index in [2.05, 4.69) is 16.4 Å². The number of carbonyl (C=O) groups is 1. The van der Waals surface area contributed by atoms with Gasteiger partial charge in [-0.3, -0.25) is 10.1 Å². The zero-order chi connectivity index (χ0) is 18.6. The fourth-order valence-electron chi connectivity index (χ4n) is 3.48. The number of anilines is 1. The Bertz CT molecular complexity index is 891. The molecule has 0 aliphatic heterocycles. The van der Waals surface area contributed by atoms with Crippen molar-refractivity contribution in [2.24, 2.45) is 5.92 Å². The lowest BCUT2D eigenvalue weighted by Gasteiger charge is -2.37. The number of halogens is 1. The number of alkyl halides is 1. The van der Waals surface area contributed by atoms with Crippen molar-refractivity contribution in [1.82, 2.24) is 9.55 Å². The number of fused-ring (bicyclic) bond motifs is 1. The van der Waals surface area contributed by atoms with Crippen molar-refractivity contribution in [3.8, 4) is 6.07 Å². The van der Waals surface area contributed by atoms with Crippen LogP contribution in [0, 0.1) is 24.2 Å². The van der Waals surface area contributed by atoms with E-state index in [4.69, 9.17) is 0 Å². The molecule has 1 saturated carbocycles. The number of carbonyl (C=O) groups excluding carboxylic acids is 1. The normalized spacial score (nSPS) is 23.2. The first-order valence-electron chi connectivity index (χ1n) is 8.45. The molecule has 1 heterocycles. The summed E-state index contributed by atoms with van der Waals surface area (Å²) in [4.78, 5) is 17.0. The largest absolute Gasteiger partial charge is 0.305 e. The Morgan fingerprint density at radius 3 is 2.60 bits per heavy atom. The van der Waals surface area contributed by atoms with Gasteiger partial charge in [0, 0.05) is 11.5 Å². The molecule has 1 aliphatic carbocycles. The number of aryl methyl sites for hydroxylation is 1. The first-order chi connectivity index (χ1) is 11.5. The van der Waals surface area contributed by atoms with E-state index in [1.165, 1.54) is 6.92 Å². The van der Waals surface area contributed by atoms with Crippen LogP contribution in [0.3, 0.4) is 0 Å². The average Bonchev–Trinajstić information content (AvgIpc) is 2.80. The van der Waals surface area contributed by atoms with Crippen molar-refractivity contribution in [3.05, 3.63) is 23.3 Å². The lowest BCUT2D eigenvalue weighted by atomic mass is 9.73. The summed E-state index contributed by atoms with van der Waals surface area (Å²) < 4.78 is 15.6. The molecule has 0 saturated heterocycles. The van der Waals surface area contributed by atoms with Gasteiger partial charge in [-0.1, -0.05) is 0 Å². The van der Waals surface area contributed by atoms with Gasteiger partial charge in [-0.25, -0.2) is 9.37 Å². The van der Waals surface area contributed by atoms with E-state index in [1.54, 1.807) is 6.07 Å². The summed E-state index contributed by atoms with van der Waals surface area (Å²) >= 11 is 0. The van der Waals surface area contributed by atoms with Crippen molar-refractivity contribution < 1.29 is 9.18 Å². The zero-order valence-electron chi connectivity index (χ0n) is 15.3. The summed E-state index contributed by atoms with van der Waals surface area (Å²) in [7, 11) is 0. The predicted molar refractivity (Wildman–Crippen MR) is 95.0 cm³/mol. The molecule has 1 aromatic heterocycles. The van der Waals surface area contributed by atoms with Gasteiger partial charge in [-0.15, -0.1) is 0 Å². The number of imidazole rings is 1. The minimum atomic E-state index is -1.25. The number of nitriles is 1. The smallest absolute Gasteiger partial charge is 0.230 e. The van der Waals surface area contributed by atoms with E-state index in [9.17, 15) is 14.4 Å². The molecule has 1 aromatic carbocycles. The Morgan fingerprint density at radius 2 is 2.08 bits per heavy atom. The van der Waals surface area contributed by atoms with Crippen LogP contribution >= 0.6 is 0 Å². The number of benzene rings is 1. The van der Waals surface area contributed by atoms with Crippen LogP contribution in [-0.4, -0.2) is 21.1 Å². The van der Waals surface area contributed by atoms with Gasteiger partial charge >= 0.3 is 0 Å². The molecule has 0 radical (unpaired) electrons. The summed E-state index contributed by atoms with van der Waals surface area (Å²) in [5, 5.41) is 12.2. The van der Waals surface area contributed by atoms with Crippen LogP contribution in [0.2, 0.25) is 0 Å². The summed E-state index contributed by atoms with van der Waals surface area (Å²) in [5.41, 5.74) is 1.37. The SMILES string of the molecule is Cc1cc2nc(NC(=O)C3CC(C)(F)C3)n(C(C)(C)C)c2cc1C#N. The van der Waals surface area contributed by atoms with Crippen LogP contribution in [0.4, 0.5) is 10.3 Å². The molecule has 0 atom stereocenters. The Labute approximate surface area is 146 Å². The molecule has 1 N–H and O–H groups in total. The van der Waals surface area contributed by atoms with E-state index in [1.807, 2.05) is 38.3 Å². The zero-order valence-corrected chi connectivity index (χ0v) is 15.3. The maximum absolute atomic E-state index is 13.7. The minimum Gasteiger partial charge on any atom is -0.305 e. The summed E-state index contributed by atoms with van der Waals surface area (Å²) in [5.74, 6) is -0.0813. The third-order valence-electron chi connectivity index (χ3n) is 4.74. The van der Waals surface area contributed by atoms with Gasteiger partial charge in [-0.2, -0.15) is 5.26 Å². The lowest BCUT2D eigenvalue weighted by molar-refractivity contribution is -0.127. The van der Waals surface area contributed by atoms with E-state index >= 15 is 0 Å². The molecule has 0 spiro atoms. The van der Waals surface area contributed by atoms with Crippen molar-refractivity contribution in [2.75, 3.05) is 5.32 Å². The maximum atomic E-state index is 13.7. The molecule has 1 aliphatic rings. The molecular weight excluding hydrogens is 319 g/mol. The van der Waals surface area contributed by atoms with Crippen molar-refractivity contribution in [1.29, 1.82) is 5.26 Å². The van der Waals surface area contributed by atoms with E-state index in [0.717, 1.165) is 16.6 Å². The molecule has 0 bridgehead atoms. The predicted octanol–water partition coefficient (Wildman–Crippen LogP) is 4.05. The Morgan fingerprint density at radius 1 is 1.44 bits per heavy atom. The third-order valence-corrected chi connectivity index (χ3v) is 4.74. The summed E-state index contributed by atoms with van der Waals surface area (Å²) in [6.07, 6.45) is 0.485. The maximum Gasteiger partial charge on any atom is 0.230 e. The number of aromatic nitrogens is 2. The highest BCUT2D eigenvalue weighted by Gasteiger charge is 2.44. The molecule has 6 heteroatoms. The molecular formula is C19H23FN4O. The fourth-order valence-corrected chi connectivity index (χ4v) is 3.48. The second kappa shape index (κ2) is 5.55. The topological polar surface area (TPSA) is 70.7 Å². The fraction of sp³-hybridized carbons (Fsp3) is 0.526. The van der Waals surface area contributed by atoms with Crippen LogP contribution in [0.25, 0.3) is 11.0 Å². The summed E-state index contributed by atoms with van der Waals surface area (Å²) in [6.45, 7) is 9.42. The Kier molecular flexibility index (Phi) is 3.86. The molecule has 5 nitrogen and oxygen atoms in total. The third kappa shape index (κ3) is 3.11. The first-order valence-corrected chi connectivity index (χ1v) is 8.45. The van der Waals surface area contributed by atoms with E-state index < -0.39 is 5.67 Å². The van der Waals surface area contributed by atoms with Crippen molar-refractivity contribution >= 4 is 22.9 Å². The average molecular weight is 342 g/mol. The Balaban J connectivity index is 2.03. The summed E-state index contributed by atoms with van der Waals surface area (Å²) in [6, 6.07) is 5.85. The van der Waals surface area contributed by atoms with Crippen molar-refractivity contribution in [2.45, 2.75) is 58.7 Å². The van der Waals surface area contributed by atoms with Crippen LogP contribution < -0.4 is 5.32 Å². The monoisotopic (exact) mass is 342 g/mol. The van der Waals surface area contributed by atoms with Gasteiger partial charge in [0.25, 0.3) is 0 Å². The molecule has 2 aromatic rings. The Hall–Kier alpha value is -2.42. The minimum absolute atomic E-state index is 0.201. The highest BCUT2D eigenvalue weighted by molar-refractivity contribution is 5.94. The number of amides is 1. The van der Waals surface area contributed by atoms with Crippen LogP contribution in [0.1, 0.15) is 51.7 Å². The highest BCUT2D eigenvalue weighted by atomic mass is 19.1. The van der Waals surface area contributed by atoms with Gasteiger partial charge < -0.3 is 4.57 Å². The van der Waals surface area contributed by atoms with Crippen LogP contribution in [-0.2, 0) is 10.3 Å². The molecule has 1 fully saturated rings. The number of nitrogens with one attached hydrogen (secondary N) is 1. The molecule has 25 heavy (non-hydrogen) atoms. The van der Waals surface area contributed by atoms with Gasteiger partial charge in [0.1, 0.15) is 5.67 Å². The van der Waals surface area contributed by atoms with Gasteiger partial charge in [0.05, 0.1) is 22.7 Å². The molecule has 132 valence electrons. The number of nitrogens with zero attached hydrogens (tertiary/aromatic N) is 3.